The second-order valence-electron chi connectivity index (χ2n) is 5.31. The number of hydrogen-bond donors (Lipinski definition) is 2. The van der Waals surface area contributed by atoms with E-state index in [-0.39, 0.29) is 11.5 Å². The van der Waals surface area contributed by atoms with Gasteiger partial charge in [0.2, 0.25) is 0 Å². The normalized spacial score (nSPS) is 26.8. The molecule has 2 unspecified atom stereocenters. The topological polar surface area (TPSA) is 45.4 Å². The first-order chi connectivity index (χ1) is 8.04. The summed E-state index contributed by atoms with van der Waals surface area (Å²) in [5.41, 5.74) is -0.0192. The van der Waals surface area contributed by atoms with Crippen molar-refractivity contribution in [3.8, 4) is 0 Å². The van der Waals surface area contributed by atoms with Gasteiger partial charge in [-0.2, -0.15) is 11.8 Å². The smallest absolute Gasteiger partial charge is 0.118 e. The summed E-state index contributed by atoms with van der Waals surface area (Å²) in [6.45, 7) is 4.94. The van der Waals surface area contributed by atoms with E-state index in [9.17, 15) is 5.11 Å². The zero-order chi connectivity index (χ0) is 12.5. The number of thioether (sulfide) groups is 1. The minimum atomic E-state index is -0.177. The highest BCUT2D eigenvalue weighted by molar-refractivity contribution is 7.97. The van der Waals surface area contributed by atoms with E-state index in [1.807, 2.05) is 12.1 Å². The van der Waals surface area contributed by atoms with Gasteiger partial charge >= 0.3 is 0 Å². The van der Waals surface area contributed by atoms with E-state index in [1.54, 1.807) is 11.8 Å². The lowest BCUT2D eigenvalue weighted by Gasteiger charge is -2.49. The Morgan fingerprint density at radius 3 is 2.76 bits per heavy atom. The zero-order valence-electron chi connectivity index (χ0n) is 10.7. The molecule has 0 spiro atoms. The number of nitrogens with one attached hydrogen (secondary N) is 1. The highest BCUT2D eigenvalue weighted by Gasteiger charge is 2.46. The molecule has 96 valence electrons. The molecule has 1 aliphatic rings. The van der Waals surface area contributed by atoms with E-state index in [0.29, 0.717) is 6.04 Å². The van der Waals surface area contributed by atoms with Crippen LogP contribution >= 0.6 is 11.8 Å². The molecule has 0 bridgehead atoms. The maximum absolute atomic E-state index is 9.65. The number of furan rings is 1. The third-order valence-electron chi connectivity index (χ3n) is 3.74. The second-order valence-corrected chi connectivity index (χ2v) is 6.17. The lowest BCUT2D eigenvalue weighted by atomic mass is 9.64. The van der Waals surface area contributed by atoms with Gasteiger partial charge < -0.3 is 14.8 Å². The quantitative estimate of drug-likeness (QED) is 0.848. The highest BCUT2D eigenvalue weighted by Crippen LogP contribution is 2.40. The summed E-state index contributed by atoms with van der Waals surface area (Å²) in [5, 5.41) is 13.1. The van der Waals surface area contributed by atoms with Crippen molar-refractivity contribution in [3.05, 3.63) is 23.7 Å². The molecule has 1 aromatic heterocycles. The number of aliphatic hydroxyl groups is 1. The Morgan fingerprint density at radius 1 is 1.47 bits per heavy atom. The molecule has 0 saturated heterocycles. The van der Waals surface area contributed by atoms with Crippen LogP contribution in [0.15, 0.2) is 16.5 Å². The van der Waals surface area contributed by atoms with Gasteiger partial charge in [-0.05, 0) is 24.8 Å². The molecule has 2 N–H and O–H groups in total. The van der Waals surface area contributed by atoms with Gasteiger partial charge in [0, 0.05) is 11.5 Å². The summed E-state index contributed by atoms with van der Waals surface area (Å²) in [6.07, 6.45) is 2.73. The molecule has 1 fully saturated rings. The standard InChI is InChI=1S/C13H21NO2S/c1-13(2)11(6-12(13)15)14-7-9-4-5-10(16-9)8-17-3/h4-5,11-12,14-15H,6-8H2,1-3H3. The summed E-state index contributed by atoms with van der Waals surface area (Å²) >= 11 is 1.76. The van der Waals surface area contributed by atoms with Crippen molar-refractivity contribution in [2.75, 3.05) is 6.26 Å². The van der Waals surface area contributed by atoms with Crippen molar-refractivity contribution >= 4 is 11.8 Å². The van der Waals surface area contributed by atoms with Crippen LogP contribution in [-0.4, -0.2) is 23.5 Å². The third kappa shape index (κ3) is 2.69. The van der Waals surface area contributed by atoms with Crippen LogP contribution in [0.5, 0.6) is 0 Å². The molecule has 1 aromatic rings. The van der Waals surface area contributed by atoms with E-state index >= 15 is 0 Å². The van der Waals surface area contributed by atoms with Crippen LogP contribution in [0.2, 0.25) is 0 Å². The Bertz CT molecular complexity index is 375. The van der Waals surface area contributed by atoms with Crippen LogP contribution in [0.25, 0.3) is 0 Å². The molecule has 1 heterocycles. The van der Waals surface area contributed by atoms with Gasteiger partial charge in [-0.25, -0.2) is 0 Å². The van der Waals surface area contributed by atoms with E-state index in [0.717, 1.165) is 30.2 Å². The first-order valence-corrected chi connectivity index (χ1v) is 7.41. The first kappa shape index (κ1) is 13.0. The van der Waals surface area contributed by atoms with E-state index < -0.39 is 0 Å². The van der Waals surface area contributed by atoms with E-state index in [2.05, 4.69) is 25.4 Å². The fourth-order valence-corrected chi connectivity index (χ4v) is 2.65. The Hall–Kier alpha value is -0.450. The number of rotatable bonds is 5. The van der Waals surface area contributed by atoms with Gasteiger partial charge in [0.1, 0.15) is 11.5 Å². The lowest BCUT2D eigenvalue weighted by molar-refractivity contribution is -0.0734. The molecule has 0 aromatic carbocycles. The van der Waals surface area contributed by atoms with Crippen molar-refractivity contribution in [3.63, 3.8) is 0 Å². The highest BCUT2D eigenvalue weighted by atomic mass is 32.2. The van der Waals surface area contributed by atoms with Crippen LogP contribution in [0.4, 0.5) is 0 Å². The Balaban J connectivity index is 1.82. The molecular formula is C13H21NO2S. The van der Waals surface area contributed by atoms with E-state index in [4.69, 9.17) is 4.42 Å². The monoisotopic (exact) mass is 255 g/mol. The van der Waals surface area contributed by atoms with Crippen LogP contribution in [0.1, 0.15) is 31.8 Å². The van der Waals surface area contributed by atoms with Crippen LogP contribution < -0.4 is 5.32 Å². The molecule has 0 amide bonds. The van der Waals surface area contributed by atoms with E-state index in [1.165, 1.54) is 0 Å². The van der Waals surface area contributed by atoms with Gasteiger partial charge in [0.25, 0.3) is 0 Å². The predicted octanol–water partition coefficient (Wildman–Crippen LogP) is 2.39. The second kappa shape index (κ2) is 5.04. The molecular weight excluding hydrogens is 234 g/mol. The van der Waals surface area contributed by atoms with Crippen molar-refractivity contribution in [1.29, 1.82) is 0 Å². The predicted molar refractivity (Wildman–Crippen MR) is 71.0 cm³/mol. The molecule has 0 aliphatic heterocycles. The van der Waals surface area contributed by atoms with Gasteiger partial charge in [-0.15, -0.1) is 0 Å². The summed E-state index contributed by atoms with van der Waals surface area (Å²) in [7, 11) is 0. The molecule has 1 aliphatic carbocycles. The molecule has 0 radical (unpaired) electrons. The first-order valence-electron chi connectivity index (χ1n) is 6.02. The Morgan fingerprint density at radius 2 is 2.18 bits per heavy atom. The summed E-state index contributed by atoms with van der Waals surface area (Å²) in [6, 6.07) is 4.45. The van der Waals surface area contributed by atoms with Crippen molar-refractivity contribution in [1.82, 2.24) is 5.32 Å². The van der Waals surface area contributed by atoms with Crippen molar-refractivity contribution in [2.24, 2.45) is 5.41 Å². The minimum absolute atomic E-state index is 0.0192. The summed E-state index contributed by atoms with van der Waals surface area (Å²) < 4.78 is 5.69. The fraction of sp³-hybridized carbons (Fsp3) is 0.692. The molecule has 3 nitrogen and oxygen atoms in total. The SMILES string of the molecule is CSCc1ccc(CNC2CC(O)C2(C)C)o1. The van der Waals surface area contributed by atoms with Crippen LogP contribution in [0.3, 0.4) is 0 Å². The summed E-state index contributed by atoms with van der Waals surface area (Å²) in [5.74, 6) is 2.93. The van der Waals surface area contributed by atoms with Crippen LogP contribution in [-0.2, 0) is 12.3 Å². The van der Waals surface area contributed by atoms with Gasteiger partial charge in [0.05, 0.1) is 18.4 Å². The average molecular weight is 255 g/mol. The maximum atomic E-state index is 9.65. The minimum Gasteiger partial charge on any atom is -0.464 e. The van der Waals surface area contributed by atoms with Gasteiger partial charge in [0.15, 0.2) is 0 Å². The largest absolute Gasteiger partial charge is 0.464 e. The number of hydrogen-bond acceptors (Lipinski definition) is 4. The molecule has 1 saturated carbocycles. The van der Waals surface area contributed by atoms with Crippen molar-refractivity contribution < 1.29 is 9.52 Å². The maximum Gasteiger partial charge on any atom is 0.118 e. The lowest BCUT2D eigenvalue weighted by Crippen LogP contribution is -2.59. The van der Waals surface area contributed by atoms with Crippen molar-refractivity contribution in [2.45, 2.75) is 44.7 Å². The van der Waals surface area contributed by atoms with Gasteiger partial charge in [-0.1, -0.05) is 13.8 Å². The van der Waals surface area contributed by atoms with Gasteiger partial charge in [-0.3, -0.25) is 0 Å². The Kier molecular flexibility index (Phi) is 3.85. The summed E-state index contributed by atoms with van der Waals surface area (Å²) in [4.78, 5) is 0. The Labute approximate surface area is 107 Å². The molecule has 2 atom stereocenters. The average Bonchev–Trinajstić information content (AvgIpc) is 2.72. The molecule has 2 rings (SSSR count). The molecule has 4 heteroatoms. The zero-order valence-corrected chi connectivity index (χ0v) is 11.5. The fourth-order valence-electron chi connectivity index (χ4n) is 2.21. The number of aliphatic hydroxyl groups excluding tert-OH is 1. The molecule has 17 heavy (non-hydrogen) atoms. The van der Waals surface area contributed by atoms with Crippen LogP contribution in [0, 0.1) is 5.41 Å². The third-order valence-corrected chi connectivity index (χ3v) is 4.32.